The summed E-state index contributed by atoms with van der Waals surface area (Å²) >= 11 is 0. The predicted octanol–water partition coefficient (Wildman–Crippen LogP) is 11.0. The minimum Gasteiger partial charge on any atom is -0.427 e. The Morgan fingerprint density at radius 2 is 1.35 bits per heavy atom. The molecule has 2 aliphatic carbocycles. The minimum absolute atomic E-state index is 0.197. The van der Waals surface area contributed by atoms with Crippen LogP contribution in [0.2, 0.25) is 0 Å². The second kappa shape index (κ2) is 13.2. The Morgan fingerprint density at radius 1 is 0.812 bits per heavy atom. The number of hydrogen-bond acceptors (Lipinski definition) is 2. The van der Waals surface area contributed by atoms with Crippen LogP contribution in [0.4, 0.5) is 0 Å². The van der Waals surface area contributed by atoms with E-state index in [1.165, 1.54) is 55.7 Å². The van der Waals surface area contributed by atoms with Crippen molar-refractivity contribution in [3.8, 4) is 33.4 Å². The van der Waals surface area contributed by atoms with Gasteiger partial charge in [0.15, 0.2) is 0 Å². The van der Waals surface area contributed by atoms with E-state index in [9.17, 15) is 5.11 Å². The van der Waals surface area contributed by atoms with Crippen LogP contribution in [0.3, 0.4) is 0 Å². The molecule has 1 radical (unpaired) electrons. The highest BCUT2D eigenvalue weighted by molar-refractivity contribution is 6.38. The highest BCUT2D eigenvalue weighted by atomic mass is 16.5. The summed E-state index contributed by atoms with van der Waals surface area (Å²) in [4.78, 5) is 0. The molecule has 0 amide bonds. The smallest absolute Gasteiger partial charge is 0.326 e. The van der Waals surface area contributed by atoms with Crippen molar-refractivity contribution in [2.75, 3.05) is 0 Å². The molecule has 2 aliphatic rings. The maximum absolute atomic E-state index is 10.7. The molecular formula is C45H46BO2. The van der Waals surface area contributed by atoms with Gasteiger partial charge in [-0.1, -0.05) is 146 Å². The molecule has 0 aromatic heterocycles. The Balaban J connectivity index is 1.61. The molecule has 1 atom stereocenters. The molecule has 0 aliphatic heterocycles. The summed E-state index contributed by atoms with van der Waals surface area (Å²) in [5.74, 6) is 0.197. The number of hydrogen-bond donors (Lipinski definition) is 1. The number of benzene rings is 4. The molecule has 0 fully saturated rings. The summed E-state index contributed by atoms with van der Waals surface area (Å²) in [6.45, 7) is 15.9. The molecule has 3 heteroatoms. The first-order valence-corrected chi connectivity index (χ1v) is 17.0. The lowest BCUT2D eigenvalue weighted by atomic mass is 9.61. The van der Waals surface area contributed by atoms with Crippen molar-refractivity contribution in [3.63, 3.8) is 0 Å². The van der Waals surface area contributed by atoms with E-state index in [0.717, 1.165) is 11.9 Å². The number of rotatable bonds is 10. The summed E-state index contributed by atoms with van der Waals surface area (Å²) < 4.78 is 6.25. The topological polar surface area (TPSA) is 29.5 Å². The molecule has 1 unspecified atom stereocenters. The predicted molar refractivity (Wildman–Crippen MR) is 204 cm³/mol. The van der Waals surface area contributed by atoms with Crippen molar-refractivity contribution in [2.24, 2.45) is 5.92 Å². The molecular weight excluding hydrogens is 583 g/mol. The van der Waals surface area contributed by atoms with Crippen LogP contribution in [0.5, 0.6) is 0 Å². The lowest BCUT2D eigenvalue weighted by molar-refractivity contribution is -0.0898. The molecule has 48 heavy (non-hydrogen) atoms. The summed E-state index contributed by atoms with van der Waals surface area (Å²) in [6.07, 6.45) is 13.8. The summed E-state index contributed by atoms with van der Waals surface area (Å²) in [6, 6.07) is 35.3. The van der Waals surface area contributed by atoms with Gasteiger partial charge in [0, 0.05) is 0 Å². The lowest BCUT2D eigenvalue weighted by Crippen LogP contribution is -2.48. The Kier molecular flexibility index (Phi) is 9.22. The van der Waals surface area contributed by atoms with Crippen LogP contribution in [0.1, 0.15) is 59.1 Å². The first-order valence-electron chi connectivity index (χ1n) is 17.0. The van der Waals surface area contributed by atoms with Crippen molar-refractivity contribution in [3.05, 3.63) is 168 Å². The standard InChI is InChI=1S/C45H46BO2/c1-8-10-21-36(9-2)45(37-24-27-42(31(3)28-37)46-48-44(6,7)43(4,5)47)40-29-34(32-17-13-11-14-18-32)22-25-38(40)39-26-23-35(30-41(39)45)33-19-15-12-16-20-33/h8-27,29-31,47H,1,28H2,2-7H3/b21-10-,36-9+. The maximum atomic E-state index is 10.7. The van der Waals surface area contributed by atoms with Gasteiger partial charge in [0.05, 0.1) is 16.6 Å². The summed E-state index contributed by atoms with van der Waals surface area (Å²) in [7, 11) is 1.86. The SMILES string of the molecule is C=C/C=C\C(=C/C)C1(C2=CC=C([B]OC(C)(C)C(C)(C)O)C(C)C2)c2cc(-c3ccccc3)ccc2-c2ccc(-c3ccccc3)cc21. The fourth-order valence-corrected chi connectivity index (χ4v) is 7.07. The van der Waals surface area contributed by atoms with Crippen molar-refractivity contribution in [1.82, 2.24) is 0 Å². The molecule has 4 aromatic carbocycles. The third kappa shape index (κ3) is 5.91. The number of aliphatic hydroxyl groups is 1. The van der Waals surface area contributed by atoms with Crippen LogP contribution < -0.4 is 0 Å². The van der Waals surface area contributed by atoms with Gasteiger partial charge in [-0.3, -0.25) is 0 Å². The highest BCUT2D eigenvalue weighted by Crippen LogP contribution is 2.60. The van der Waals surface area contributed by atoms with Gasteiger partial charge in [-0.15, -0.1) is 0 Å². The molecule has 0 saturated carbocycles. The molecule has 4 aromatic rings. The molecule has 0 saturated heterocycles. The van der Waals surface area contributed by atoms with E-state index in [0.29, 0.717) is 0 Å². The van der Waals surface area contributed by atoms with E-state index in [1.54, 1.807) is 13.8 Å². The third-order valence-electron chi connectivity index (χ3n) is 10.5. The summed E-state index contributed by atoms with van der Waals surface area (Å²) in [5.41, 5.74) is 11.3. The third-order valence-corrected chi connectivity index (χ3v) is 10.5. The van der Waals surface area contributed by atoms with Crippen molar-refractivity contribution >= 4 is 7.48 Å². The van der Waals surface area contributed by atoms with E-state index in [4.69, 9.17) is 4.65 Å². The Morgan fingerprint density at radius 3 is 1.81 bits per heavy atom. The maximum Gasteiger partial charge on any atom is 0.326 e. The van der Waals surface area contributed by atoms with Crippen molar-refractivity contribution in [2.45, 2.75) is 64.6 Å². The van der Waals surface area contributed by atoms with E-state index in [2.05, 4.69) is 148 Å². The van der Waals surface area contributed by atoms with Crippen molar-refractivity contribution < 1.29 is 9.76 Å². The van der Waals surface area contributed by atoms with Gasteiger partial charge in [0.1, 0.15) is 0 Å². The second-order valence-corrected chi connectivity index (χ2v) is 14.1. The molecule has 6 rings (SSSR count). The van der Waals surface area contributed by atoms with Gasteiger partial charge >= 0.3 is 7.48 Å². The quantitative estimate of drug-likeness (QED) is 0.140. The van der Waals surface area contributed by atoms with Crippen LogP contribution in [0, 0.1) is 5.92 Å². The molecule has 2 nitrogen and oxygen atoms in total. The minimum atomic E-state index is -0.991. The molecule has 1 N–H and O–H groups in total. The highest BCUT2D eigenvalue weighted by Gasteiger charge is 2.49. The van der Waals surface area contributed by atoms with Crippen LogP contribution in [0.25, 0.3) is 33.4 Å². The van der Waals surface area contributed by atoms with Gasteiger partial charge in [-0.05, 0) is 109 Å². The lowest BCUT2D eigenvalue weighted by Gasteiger charge is -2.41. The van der Waals surface area contributed by atoms with Gasteiger partial charge in [0.25, 0.3) is 0 Å². The molecule has 0 bridgehead atoms. The van der Waals surface area contributed by atoms with Crippen LogP contribution in [-0.2, 0) is 10.1 Å². The van der Waals surface area contributed by atoms with Gasteiger partial charge in [-0.2, -0.15) is 0 Å². The number of fused-ring (bicyclic) bond motifs is 3. The zero-order valence-corrected chi connectivity index (χ0v) is 29.1. The zero-order chi connectivity index (χ0) is 34.1. The number of allylic oxidation sites excluding steroid dienone is 9. The average Bonchev–Trinajstić information content (AvgIpc) is 3.38. The zero-order valence-electron chi connectivity index (χ0n) is 29.1. The first-order chi connectivity index (χ1) is 23.0. The van der Waals surface area contributed by atoms with Gasteiger partial charge < -0.3 is 9.76 Å². The molecule has 0 heterocycles. The summed E-state index contributed by atoms with van der Waals surface area (Å²) in [5, 5.41) is 10.7. The molecule has 241 valence electrons. The first kappa shape index (κ1) is 33.5. The monoisotopic (exact) mass is 629 g/mol. The van der Waals surface area contributed by atoms with Crippen LogP contribution >= 0.6 is 0 Å². The fraction of sp³-hybridized carbons (Fsp3) is 0.244. The van der Waals surface area contributed by atoms with Crippen LogP contribution in [0.15, 0.2) is 157 Å². The van der Waals surface area contributed by atoms with Gasteiger partial charge in [-0.25, -0.2) is 0 Å². The Hall–Kier alpha value is -4.44. The second-order valence-electron chi connectivity index (χ2n) is 14.1. The Labute approximate surface area is 288 Å². The molecule has 0 spiro atoms. The van der Waals surface area contributed by atoms with E-state index < -0.39 is 16.6 Å². The van der Waals surface area contributed by atoms with E-state index in [1.807, 2.05) is 27.4 Å². The average molecular weight is 630 g/mol. The largest absolute Gasteiger partial charge is 0.427 e. The fourth-order valence-electron chi connectivity index (χ4n) is 7.07. The van der Waals surface area contributed by atoms with E-state index >= 15 is 0 Å². The van der Waals surface area contributed by atoms with Crippen LogP contribution in [-0.4, -0.2) is 23.8 Å². The van der Waals surface area contributed by atoms with E-state index in [-0.39, 0.29) is 5.92 Å². The Bertz CT molecular complexity index is 1850. The normalized spacial score (nSPS) is 17.4. The van der Waals surface area contributed by atoms with Crippen molar-refractivity contribution in [1.29, 1.82) is 0 Å². The van der Waals surface area contributed by atoms with Gasteiger partial charge in [0.2, 0.25) is 0 Å².